The number of nitrogens with one attached hydrogen (secondary N) is 2. The molecule has 2 heterocycles. The number of hydrogen-bond acceptors (Lipinski definition) is 4. The van der Waals surface area contributed by atoms with Gasteiger partial charge in [-0.25, -0.2) is 4.79 Å². The molecule has 1 fully saturated rings. The molecule has 0 aliphatic carbocycles. The predicted molar refractivity (Wildman–Crippen MR) is 101 cm³/mol. The van der Waals surface area contributed by atoms with E-state index in [4.69, 9.17) is 0 Å². The van der Waals surface area contributed by atoms with E-state index in [1.807, 2.05) is 4.90 Å². The Labute approximate surface area is 152 Å². The van der Waals surface area contributed by atoms with Crippen molar-refractivity contribution < 1.29 is 4.79 Å². The largest absolute Gasteiger partial charge is 0.340 e. The van der Waals surface area contributed by atoms with Gasteiger partial charge in [0.25, 0.3) is 5.56 Å². The van der Waals surface area contributed by atoms with E-state index in [0.717, 1.165) is 38.9 Å². The van der Waals surface area contributed by atoms with Crippen molar-refractivity contribution in [2.24, 2.45) is 0 Å². The maximum atomic E-state index is 12.8. The minimum absolute atomic E-state index is 0.0703. The fourth-order valence-electron chi connectivity index (χ4n) is 3.69. The Bertz CT molecular complexity index is 880. The Morgan fingerprint density at radius 3 is 2.69 bits per heavy atom. The van der Waals surface area contributed by atoms with Gasteiger partial charge in [-0.15, -0.1) is 0 Å². The van der Waals surface area contributed by atoms with Gasteiger partial charge in [0.05, 0.1) is 10.9 Å². The Balaban J connectivity index is 1.79. The molecule has 1 amide bonds. The molecule has 1 aliphatic rings. The van der Waals surface area contributed by atoms with Crippen LogP contribution in [0.2, 0.25) is 0 Å². The van der Waals surface area contributed by atoms with Crippen LogP contribution in [-0.4, -0.2) is 46.0 Å². The molecule has 1 aliphatic heterocycles. The second kappa shape index (κ2) is 8.31. The normalized spacial score (nSPS) is 15.3. The van der Waals surface area contributed by atoms with Crippen LogP contribution in [0.1, 0.15) is 32.6 Å². The number of nitrogens with zero attached hydrogens (tertiary/aromatic N) is 2. The number of aryl methyl sites for hydroxylation is 1. The number of aromatic nitrogens is 2. The average Bonchev–Trinajstić information content (AvgIpc) is 2.66. The lowest BCUT2D eigenvalue weighted by atomic mass is 10.0. The number of aromatic amines is 1. The number of para-hydroxylation sites is 1. The second-order valence-corrected chi connectivity index (χ2v) is 6.75. The van der Waals surface area contributed by atoms with E-state index in [-0.39, 0.29) is 24.9 Å². The Morgan fingerprint density at radius 2 is 1.96 bits per heavy atom. The van der Waals surface area contributed by atoms with Crippen molar-refractivity contribution >= 4 is 16.8 Å². The summed E-state index contributed by atoms with van der Waals surface area (Å²) in [5.74, 6) is 0.0703. The fraction of sp³-hybridized carbons (Fsp3) is 0.526. The third-order valence-corrected chi connectivity index (χ3v) is 4.99. The highest BCUT2D eigenvalue weighted by Gasteiger charge is 2.24. The number of fused-ring (bicyclic) bond motifs is 1. The fourth-order valence-corrected chi connectivity index (χ4v) is 3.69. The molecule has 1 saturated heterocycles. The summed E-state index contributed by atoms with van der Waals surface area (Å²) in [6.07, 6.45) is 3.09. The SMILES string of the molecule is CCCN(C(=O)CCn1c(=O)[nH]c(=O)c2ccccc21)C1CCNCC1. The van der Waals surface area contributed by atoms with Gasteiger partial charge in [-0.1, -0.05) is 19.1 Å². The van der Waals surface area contributed by atoms with Crippen molar-refractivity contribution in [3.63, 3.8) is 0 Å². The zero-order valence-corrected chi connectivity index (χ0v) is 15.2. The molecule has 0 saturated carbocycles. The number of H-pyrrole nitrogens is 1. The third-order valence-electron chi connectivity index (χ3n) is 4.99. The summed E-state index contributed by atoms with van der Waals surface area (Å²) in [5, 5.41) is 3.79. The monoisotopic (exact) mass is 358 g/mol. The number of carbonyl (C=O) groups excluding carboxylic acids is 1. The van der Waals surface area contributed by atoms with Crippen molar-refractivity contribution in [2.75, 3.05) is 19.6 Å². The van der Waals surface area contributed by atoms with Gasteiger partial charge < -0.3 is 10.2 Å². The van der Waals surface area contributed by atoms with Gasteiger partial charge in [0, 0.05) is 25.6 Å². The quantitative estimate of drug-likeness (QED) is 0.809. The minimum atomic E-state index is -0.467. The molecule has 2 aromatic rings. The van der Waals surface area contributed by atoms with Gasteiger partial charge in [0.1, 0.15) is 0 Å². The first-order chi connectivity index (χ1) is 12.6. The molecule has 2 N–H and O–H groups in total. The van der Waals surface area contributed by atoms with Gasteiger partial charge in [0.15, 0.2) is 0 Å². The molecular weight excluding hydrogens is 332 g/mol. The Morgan fingerprint density at radius 1 is 1.23 bits per heavy atom. The summed E-state index contributed by atoms with van der Waals surface area (Å²) in [4.78, 5) is 41.3. The molecule has 26 heavy (non-hydrogen) atoms. The maximum absolute atomic E-state index is 12.8. The average molecular weight is 358 g/mol. The lowest BCUT2D eigenvalue weighted by Gasteiger charge is -2.34. The lowest BCUT2D eigenvalue weighted by Crippen LogP contribution is -2.46. The summed E-state index contributed by atoms with van der Waals surface area (Å²) >= 11 is 0. The molecular formula is C19H26N4O3. The summed E-state index contributed by atoms with van der Waals surface area (Å²) in [6, 6.07) is 7.25. The summed E-state index contributed by atoms with van der Waals surface area (Å²) in [6.45, 7) is 4.94. The van der Waals surface area contributed by atoms with E-state index in [1.165, 1.54) is 4.57 Å². The summed E-state index contributed by atoms with van der Waals surface area (Å²) in [5.41, 5.74) is -0.293. The Hall–Kier alpha value is -2.41. The molecule has 0 atom stereocenters. The maximum Gasteiger partial charge on any atom is 0.328 e. The molecule has 7 nitrogen and oxygen atoms in total. The number of piperidine rings is 1. The molecule has 3 rings (SSSR count). The number of amides is 1. The van der Waals surface area contributed by atoms with Crippen LogP contribution in [0.15, 0.2) is 33.9 Å². The van der Waals surface area contributed by atoms with Crippen LogP contribution < -0.4 is 16.6 Å². The van der Waals surface area contributed by atoms with Crippen LogP contribution in [0.25, 0.3) is 10.9 Å². The summed E-state index contributed by atoms with van der Waals surface area (Å²) in [7, 11) is 0. The van der Waals surface area contributed by atoms with E-state index in [9.17, 15) is 14.4 Å². The van der Waals surface area contributed by atoms with E-state index >= 15 is 0 Å². The van der Waals surface area contributed by atoms with Crippen LogP contribution in [-0.2, 0) is 11.3 Å². The van der Waals surface area contributed by atoms with Crippen LogP contribution in [0.5, 0.6) is 0 Å². The summed E-state index contributed by atoms with van der Waals surface area (Å²) < 4.78 is 1.49. The first-order valence-corrected chi connectivity index (χ1v) is 9.34. The minimum Gasteiger partial charge on any atom is -0.340 e. The van der Waals surface area contributed by atoms with Crippen molar-refractivity contribution in [1.29, 1.82) is 0 Å². The van der Waals surface area contributed by atoms with Gasteiger partial charge in [-0.05, 0) is 44.5 Å². The van der Waals surface area contributed by atoms with Crippen LogP contribution in [0.3, 0.4) is 0 Å². The predicted octanol–water partition coefficient (Wildman–Crippen LogP) is 1.07. The third kappa shape index (κ3) is 3.88. The smallest absolute Gasteiger partial charge is 0.328 e. The van der Waals surface area contributed by atoms with Crippen molar-refractivity contribution in [3.8, 4) is 0 Å². The second-order valence-electron chi connectivity index (χ2n) is 6.75. The first kappa shape index (κ1) is 18.4. The number of carbonyl (C=O) groups is 1. The van der Waals surface area contributed by atoms with Crippen molar-refractivity contribution in [3.05, 3.63) is 45.1 Å². The van der Waals surface area contributed by atoms with E-state index in [2.05, 4.69) is 17.2 Å². The number of benzene rings is 1. The first-order valence-electron chi connectivity index (χ1n) is 9.34. The van der Waals surface area contributed by atoms with E-state index < -0.39 is 11.2 Å². The standard InChI is InChI=1S/C19H26N4O3/c1-2-12-22(14-7-10-20-11-8-14)17(24)9-13-23-16-6-4-3-5-15(16)18(25)21-19(23)26/h3-6,14,20H,2,7-13H2,1H3,(H,21,25,26). The van der Waals surface area contributed by atoms with Crippen molar-refractivity contribution in [2.45, 2.75) is 45.2 Å². The molecule has 7 heteroatoms. The molecule has 1 aromatic heterocycles. The molecule has 0 spiro atoms. The zero-order chi connectivity index (χ0) is 18.5. The van der Waals surface area contributed by atoms with Crippen LogP contribution in [0, 0.1) is 0 Å². The molecule has 0 radical (unpaired) electrons. The topological polar surface area (TPSA) is 87.2 Å². The van der Waals surface area contributed by atoms with Crippen LogP contribution in [0.4, 0.5) is 0 Å². The van der Waals surface area contributed by atoms with E-state index in [1.54, 1.807) is 24.3 Å². The highest BCUT2D eigenvalue weighted by Crippen LogP contribution is 2.15. The highest BCUT2D eigenvalue weighted by molar-refractivity contribution is 5.79. The number of rotatable bonds is 6. The van der Waals surface area contributed by atoms with Crippen LogP contribution >= 0.6 is 0 Å². The van der Waals surface area contributed by atoms with Gasteiger partial charge in [-0.2, -0.15) is 0 Å². The number of hydrogen-bond donors (Lipinski definition) is 2. The zero-order valence-electron chi connectivity index (χ0n) is 15.2. The molecule has 140 valence electrons. The molecule has 0 bridgehead atoms. The molecule has 0 unspecified atom stereocenters. The molecule has 1 aromatic carbocycles. The Kier molecular flexibility index (Phi) is 5.88. The van der Waals surface area contributed by atoms with Gasteiger partial charge in [-0.3, -0.25) is 19.1 Å². The highest BCUT2D eigenvalue weighted by atomic mass is 16.2. The lowest BCUT2D eigenvalue weighted by molar-refractivity contribution is -0.134. The van der Waals surface area contributed by atoms with Gasteiger partial charge in [0.2, 0.25) is 5.91 Å². The van der Waals surface area contributed by atoms with Gasteiger partial charge >= 0.3 is 5.69 Å². The van der Waals surface area contributed by atoms with E-state index in [0.29, 0.717) is 10.9 Å². The van der Waals surface area contributed by atoms with Crippen molar-refractivity contribution in [1.82, 2.24) is 19.8 Å².